The maximum absolute atomic E-state index is 12.9. The van der Waals surface area contributed by atoms with E-state index < -0.39 is 17.1 Å². The van der Waals surface area contributed by atoms with Crippen LogP contribution in [0.2, 0.25) is 0 Å². The summed E-state index contributed by atoms with van der Waals surface area (Å²) < 4.78 is 5.83. The van der Waals surface area contributed by atoms with E-state index in [1.54, 1.807) is 24.4 Å². The van der Waals surface area contributed by atoms with Crippen molar-refractivity contribution in [1.82, 2.24) is 9.88 Å². The van der Waals surface area contributed by atoms with E-state index in [-0.39, 0.29) is 25.5 Å². The number of pyridine rings is 1. The highest BCUT2D eigenvalue weighted by atomic mass is 16.5. The van der Waals surface area contributed by atoms with Crippen LogP contribution in [0.5, 0.6) is 0 Å². The Morgan fingerprint density at radius 2 is 2.10 bits per heavy atom. The molecule has 0 unspecified atom stereocenters. The molecular weight excluding hydrogens is 272 g/mol. The number of carbonyl (C=O) groups excluding carboxylic acids is 1. The van der Waals surface area contributed by atoms with Gasteiger partial charge in [-0.1, -0.05) is 26.8 Å². The molecule has 2 heterocycles. The number of aromatic nitrogens is 1. The number of amides is 1. The minimum atomic E-state index is -1.22. The van der Waals surface area contributed by atoms with Crippen LogP contribution in [0.25, 0.3) is 0 Å². The van der Waals surface area contributed by atoms with Gasteiger partial charge >= 0.3 is 6.09 Å². The second-order valence-electron chi connectivity index (χ2n) is 6.17. The summed E-state index contributed by atoms with van der Waals surface area (Å²) in [5, 5.41) is 9.23. The highest BCUT2D eigenvalue weighted by Gasteiger charge is 2.53. The topological polar surface area (TPSA) is 79.7 Å². The first-order valence-electron chi connectivity index (χ1n) is 6.85. The maximum atomic E-state index is 12.9. The predicted molar refractivity (Wildman–Crippen MR) is 76.3 cm³/mol. The molecule has 2 rings (SSSR count). The minimum absolute atomic E-state index is 0.0151. The Balaban J connectivity index is 2.43. The summed E-state index contributed by atoms with van der Waals surface area (Å²) in [5.74, 6) is -0.276. The lowest BCUT2D eigenvalue weighted by atomic mass is 9.71. The molecule has 6 heteroatoms. The molecule has 6 nitrogen and oxygen atoms in total. The Kier molecular flexibility index (Phi) is 4.00. The van der Waals surface area contributed by atoms with Gasteiger partial charge in [0.2, 0.25) is 5.78 Å². The van der Waals surface area contributed by atoms with Gasteiger partial charge < -0.3 is 14.7 Å². The number of carbonyl (C=O) groups is 2. The summed E-state index contributed by atoms with van der Waals surface area (Å²) in [4.78, 5) is 29.5. The average Bonchev–Trinajstić information content (AvgIpc) is 2.46. The van der Waals surface area contributed by atoms with E-state index in [9.17, 15) is 14.7 Å². The second-order valence-corrected chi connectivity index (χ2v) is 6.17. The molecule has 1 aromatic rings. The smallest absolute Gasteiger partial charge is 0.407 e. The van der Waals surface area contributed by atoms with Crippen molar-refractivity contribution < 1.29 is 19.4 Å². The molecular formula is C15H20N2O4. The lowest BCUT2D eigenvalue weighted by Gasteiger charge is -2.48. The van der Waals surface area contributed by atoms with Crippen LogP contribution in [-0.4, -0.2) is 52.2 Å². The van der Waals surface area contributed by atoms with Crippen LogP contribution in [0.3, 0.4) is 0 Å². The Hall–Kier alpha value is -1.95. The third kappa shape index (κ3) is 2.76. The van der Waals surface area contributed by atoms with Crippen molar-refractivity contribution >= 4 is 11.9 Å². The number of carboxylic acid groups (broad SMARTS) is 1. The monoisotopic (exact) mass is 292 g/mol. The van der Waals surface area contributed by atoms with Crippen molar-refractivity contribution in [2.24, 2.45) is 5.41 Å². The Morgan fingerprint density at radius 3 is 2.62 bits per heavy atom. The Morgan fingerprint density at radius 1 is 1.38 bits per heavy atom. The first kappa shape index (κ1) is 15.4. The third-order valence-electron chi connectivity index (χ3n) is 3.87. The van der Waals surface area contributed by atoms with Crippen molar-refractivity contribution in [1.29, 1.82) is 0 Å². The quantitative estimate of drug-likeness (QED) is 0.844. The molecule has 1 N–H and O–H groups in total. The lowest BCUT2D eigenvalue weighted by molar-refractivity contribution is -0.129. The number of hydrogen-bond donors (Lipinski definition) is 1. The van der Waals surface area contributed by atoms with E-state index in [1.165, 1.54) is 4.90 Å². The van der Waals surface area contributed by atoms with Gasteiger partial charge in [-0.2, -0.15) is 0 Å². The number of ketones is 1. The lowest BCUT2D eigenvalue weighted by Crippen LogP contribution is -2.63. The summed E-state index contributed by atoms with van der Waals surface area (Å²) in [6, 6.07) is 5.08. The van der Waals surface area contributed by atoms with Crippen LogP contribution in [0.4, 0.5) is 4.79 Å². The van der Waals surface area contributed by atoms with Crippen molar-refractivity contribution in [3.05, 3.63) is 30.1 Å². The Labute approximate surface area is 123 Å². The fraction of sp³-hybridized carbons (Fsp3) is 0.533. The largest absolute Gasteiger partial charge is 0.465 e. The molecule has 1 fully saturated rings. The van der Waals surface area contributed by atoms with E-state index in [1.807, 2.05) is 20.8 Å². The molecule has 1 amide bonds. The molecule has 0 spiro atoms. The molecule has 1 aliphatic rings. The minimum Gasteiger partial charge on any atom is -0.465 e. The highest BCUT2D eigenvalue weighted by molar-refractivity contribution is 6.02. The summed E-state index contributed by atoms with van der Waals surface area (Å²) in [6.45, 7) is 6.10. The molecule has 0 aromatic carbocycles. The van der Waals surface area contributed by atoms with Crippen molar-refractivity contribution in [3.8, 4) is 0 Å². The molecule has 1 aromatic heterocycles. The maximum Gasteiger partial charge on any atom is 0.407 e. The summed E-state index contributed by atoms with van der Waals surface area (Å²) >= 11 is 0. The van der Waals surface area contributed by atoms with Crippen LogP contribution in [0.15, 0.2) is 24.4 Å². The molecule has 1 atom stereocenters. The molecule has 0 saturated carbocycles. The summed E-state index contributed by atoms with van der Waals surface area (Å²) in [6.07, 6.45) is 0.502. The first-order chi connectivity index (χ1) is 9.78. The number of nitrogens with zero attached hydrogens (tertiary/aromatic N) is 2. The zero-order chi connectivity index (χ0) is 15.7. The zero-order valence-electron chi connectivity index (χ0n) is 12.5. The molecule has 1 aliphatic heterocycles. The van der Waals surface area contributed by atoms with Gasteiger partial charge in [0.1, 0.15) is 5.69 Å². The van der Waals surface area contributed by atoms with Crippen LogP contribution in [0.1, 0.15) is 31.3 Å². The third-order valence-corrected chi connectivity index (χ3v) is 3.87. The fourth-order valence-electron chi connectivity index (χ4n) is 2.52. The van der Waals surface area contributed by atoms with E-state index in [2.05, 4.69) is 4.98 Å². The van der Waals surface area contributed by atoms with E-state index in [4.69, 9.17) is 4.74 Å². The molecule has 0 radical (unpaired) electrons. The van der Waals surface area contributed by atoms with Gasteiger partial charge in [-0.05, 0) is 12.1 Å². The van der Waals surface area contributed by atoms with Crippen LogP contribution >= 0.6 is 0 Å². The van der Waals surface area contributed by atoms with Crippen LogP contribution in [-0.2, 0) is 4.74 Å². The van der Waals surface area contributed by atoms with Crippen molar-refractivity contribution in [2.45, 2.75) is 26.4 Å². The standard InChI is InChI=1S/C15H20N2O4/c1-14(2,3)15(10-17(13(19)20)8-9-21-15)12(18)11-6-4-5-7-16-11/h4-7H,8-10H2,1-3H3,(H,19,20)/t15-/m0/s1. The number of morpholine rings is 1. The zero-order valence-corrected chi connectivity index (χ0v) is 12.5. The van der Waals surface area contributed by atoms with E-state index >= 15 is 0 Å². The average molecular weight is 292 g/mol. The second kappa shape index (κ2) is 5.44. The number of Topliss-reactive ketones (excluding diaryl/α,β-unsaturated/α-hetero) is 1. The van der Waals surface area contributed by atoms with Crippen molar-refractivity contribution in [3.63, 3.8) is 0 Å². The predicted octanol–water partition coefficient (Wildman–Crippen LogP) is 2.06. The van der Waals surface area contributed by atoms with Crippen LogP contribution in [0, 0.1) is 5.41 Å². The normalized spacial score (nSPS) is 22.9. The van der Waals surface area contributed by atoms with Gasteiger partial charge in [0.15, 0.2) is 5.60 Å². The van der Waals surface area contributed by atoms with Gasteiger partial charge in [0, 0.05) is 18.2 Å². The molecule has 21 heavy (non-hydrogen) atoms. The van der Waals surface area contributed by atoms with E-state index in [0.29, 0.717) is 5.69 Å². The van der Waals surface area contributed by atoms with Gasteiger partial charge in [0.05, 0.1) is 13.2 Å². The van der Waals surface area contributed by atoms with Crippen LogP contribution < -0.4 is 0 Å². The van der Waals surface area contributed by atoms with E-state index in [0.717, 1.165) is 0 Å². The van der Waals surface area contributed by atoms with Crippen molar-refractivity contribution in [2.75, 3.05) is 19.7 Å². The van der Waals surface area contributed by atoms with Gasteiger partial charge in [-0.15, -0.1) is 0 Å². The SMILES string of the molecule is CC(C)(C)[C@@]1(C(=O)c2ccccn2)CN(C(=O)O)CCO1. The number of ether oxygens (including phenoxy) is 1. The molecule has 0 bridgehead atoms. The van der Waals surface area contributed by atoms with Gasteiger partial charge in [-0.3, -0.25) is 9.78 Å². The number of rotatable bonds is 2. The van der Waals surface area contributed by atoms with Gasteiger partial charge in [0.25, 0.3) is 0 Å². The fourth-order valence-corrected chi connectivity index (χ4v) is 2.52. The summed E-state index contributed by atoms with van der Waals surface area (Å²) in [7, 11) is 0. The summed E-state index contributed by atoms with van der Waals surface area (Å²) in [5.41, 5.74) is -1.49. The number of hydrogen-bond acceptors (Lipinski definition) is 4. The Bertz CT molecular complexity index is 538. The van der Waals surface area contributed by atoms with Gasteiger partial charge in [-0.25, -0.2) is 4.79 Å². The first-order valence-corrected chi connectivity index (χ1v) is 6.85. The highest BCUT2D eigenvalue weighted by Crippen LogP contribution is 2.39. The molecule has 0 aliphatic carbocycles. The molecule has 1 saturated heterocycles. The molecule has 114 valence electrons.